The fraction of sp³-hybridized carbons (Fsp3) is 0.531. The number of thioether (sulfide) groups is 1. The Labute approximate surface area is 531 Å². The van der Waals surface area contributed by atoms with Gasteiger partial charge in [0, 0.05) is 54.0 Å². The van der Waals surface area contributed by atoms with Gasteiger partial charge in [-0.2, -0.15) is 0 Å². The minimum absolute atomic E-state index is 0.0122. The number of aryl methyl sites for hydroxylation is 2. The highest BCUT2D eigenvalue weighted by Gasteiger charge is 2.61. The summed E-state index contributed by atoms with van der Waals surface area (Å²) in [4.78, 5) is 10.5. The zero-order valence-corrected chi connectivity index (χ0v) is 58.0. The molecule has 7 aromatic rings. The molecule has 5 aliphatic heterocycles. The number of fused-ring (bicyclic) bond motifs is 21. The summed E-state index contributed by atoms with van der Waals surface area (Å²) in [6.07, 6.45) is 14.4. The van der Waals surface area contributed by atoms with Crippen LogP contribution >= 0.6 is 23.1 Å². The minimum atomic E-state index is -0.168. The predicted octanol–water partition coefficient (Wildman–Crippen LogP) is 21.3. The summed E-state index contributed by atoms with van der Waals surface area (Å²) < 4.78 is 1.46. The molecular formula is C81H96BN3S2. The number of nitrogens with zero attached hydrogens (tertiary/aromatic N) is 3. The molecule has 6 heterocycles. The van der Waals surface area contributed by atoms with Crippen molar-refractivity contribution >= 4 is 89.9 Å². The van der Waals surface area contributed by atoms with Crippen LogP contribution in [-0.2, 0) is 48.7 Å². The first-order valence-electron chi connectivity index (χ1n) is 34.2. The summed E-state index contributed by atoms with van der Waals surface area (Å²) in [5, 5.41) is 3.17. The van der Waals surface area contributed by atoms with Gasteiger partial charge >= 0.3 is 0 Å². The van der Waals surface area contributed by atoms with Crippen LogP contribution in [-0.4, -0.2) is 17.4 Å². The second kappa shape index (κ2) is 17.0. The third kappa shape index (κ3) is 7.06. The molecule has 0 amide bonds. The third-order valence-corrected chi connectivity index (χ3v) is 29.8. The SMILES string of the molecule is Cc1cc2c3cc1N1c4cc(cc5c4B(c4c1sc1cc6c(cc41)C(C)(C)CCC6(C)C)C1Sc4cc6c(cc4C1N5c1cc4c(cc1C)C(C)(C)CCC4(C)C)C(C)(C)CCC6(C)C)N1c4cc(ccc4C4(C)CCCCC14C)C3(C)CCC2(C)C. The van der Waals surface area contributed by atoms with Crippen molar-refractivity contribution in [1.82, 2.24) is 0 Å². The lowest BCUT2D eigenvalue weighted by Crippen LogP contribution is -2.62. The monoisotopic (exact) mass is 1190 g/mol. The van der Waals surface area contributed by atoms with Gasteiger partial charge in [0.1, 0.15) is 0 Å². The van der Waals surface area contributed by atoms with Crippen molar-refractivity contribution in [3.05, 3.63) is 151 Å². The predicted molar refractivity (Wildman–Crippen MR) is 376 cm³/mol. The minimum Gasteiger partial charge on any atom is -0.334 e. The molecule has 6 bridgehead atoms. The first-order chi connectivity index (χ1) is 40.7. The van der Waals surface area contributed by atoms with Crippen molar-refractivity contribution in [2.24, 2.45) is 0 Å². The van der Waals surface area contributed by atoms with Gasteiger partial charge in [0.05, 0.1) is 22.3 Å². The van der Waals surface area contributed by atoms with E-state index in [9.17, 15) is 0 Å². The molecule has 10 aliphatic rings. The fourth-order valence-electron chi connectivity index (χ4n) is 20.7. The van der Waals surface area contributed by atoms with Gasteiger partial charge in [-0.1, -0.05) is 154 Å². The van der Waals surface area contributed by atoms with E-state index in [1.807, 2.05) is 0 Å². The molecular weight excluding hydrogens is 1090 g/mol. The van der Waals surface area contributed by atoms with E-state index in [0.717, 1.165) is 12.8 Å². The molecule has 5 unspecified atom stereocenters. The van der Waals surface area contributed by atoms with Gasteiger partial charge < -0.3 is 14.7 Å². The summed E-state index contributed by atoms with van der Waals surface area (Å²) in [5.74, 6) is 0. The molecule has 0 spiro atoms. The lowest BCUT2D eigenvalue weighted by molar-refractivity contribution is 0.195. The first-order valence-corrected chi connectivity index (χ1v) is 35.9. The molecule has 5 atom stereocenters. The summed E-state index contributed by atoms with van der Waals surface area (Å²) in [6, 6.07) is 35.7. The lowest BCUT2D eigenvalue weighted by Gasteiger charge is -2.52. The van der Waals surface area contributed by atoms with Crippen LogP contribution in [0, 0.1) is 13.8 Å². The van der Waals surface area contributed by atoms with Gasteiger partial charge in [-0.15, -0.1) is 23.1 Å². The van der Waals surface area contributed by atoms with E-state index >= 15 is 0 Å². The molecule has 450 valence electrons. The fourth-order valence-corrected chi connectivity index (χ4v) is 23.6. The van der Waals surface area contributed by atoms with Crippen LogP contribution in [0.3, 0.4) is 0 Å². The zero-order chi connectivity index (χ0) is 61.0. The number of rotatable bonds is 1. The molecule has 5 aliphatic carbocycles. The highest BCUT2D eigenvalue weighted by Crippen LogP contribution is 2.67. The molecule has 3 nitrogen and oxygen atoms in total. The maximum atomic E-state index is 3.04. The molecule has 6 heteroatoms. The molecule has 0 radical (unpaired) electrons. The summed E-state index contributed by atoms with van der Waals surface area (Å²) in [6.45, 7) is 48.7. The van der Waals surface area contributed by atoms with Crippen LogP contribution < -0.4 is 25.6 Å². The average Bonchev–Trinajstić information content (AvgIpc) is 1.60. The Morgan fingerprint density at radius 1 is 0.437 bits per heavy atom. The van der Waals surface area contributed by atoms with E-state index in [0.29, 0.717) is 0 Å². The van der Waals surface area contributed by atoms with Crippen molar-refractivity contribution in [3.63, 3.8) is 0 Å². The van der Waals surface area contributed by atoms with Crippen LogP contribution in [0.4, 0.5) is 39.1 Å². The number of thiophene rings is 1. The maximum absolute atomic E-state index is 3.04. The van der Waals surface area contributed by atoms with Crippen LogP contribution in [0.15, 0.2) is 83.8 Å². The Bertz CT molecular complexity index is 4270. The van der Waals surface area contributed by atoms with E-state index in [1.165, 1.54) is 152 Å². The molecule has 0 N–H and O–H groups in total. The van der Waals surface area contributed by atoms with Gasteiger partial charge in [-0.05, 0) is 260 Å². The van der Waals surface area contributed by atoms with Crippen molar-refractivity contribution in [2.75, 3.05) is 14.7 Å². The van der Waals surface area contributed by atoms with Gasteiger partial charge in [0.2, 0.25) is 6.71 Å². The van der Waals surface area contributed by atoms with Crippen molar-refractivity contribution in [2.45, 2.75) is 279 Å². The largest absolute Gasteiger partial charge is 0.334 e. The number of hydrogen-bond acceptors (Lipinski definition) is 5. The Hall–Kier alpha value is -4.91. The second-order valence-electron chi connectivity index (χ2n) is 35.5. The smallest absolute Gasteiger partial charge is 0.235 e. The van der Waals surface area contributed by atoms with Gasteiger partial charge in [-0.25, -0.2) is 0 Å². The number of benzene rings is 6. The molecule has 17 rings (SSSR count). The van der Waals surface area contributed by atoms with Crippen LogP contribution in [0.2, 0.25) is 0 Å². The molecule has 6 aromatic carbocycles. The van der Waals surface area contributed by atoms with E-state index in [1.54, 1.807) is 50.0 Å². The van der Waals surface area contributed by atoms with Crippen LogP contribution in [0.25, 0.3) is 10.1 Å². The van der Waals surface area contributed by atoms with Crippen molar-refractivity contribution in [3.8, 4) is 0 Å². The van der Waals surface area contributed by atoms with E-state index < -0.39 is 0 Å². The summed E-state index contributed by atoms with van der Waals surface area (Å²) >= 11 is 4.39. The third-order valence-electron chi connectivity index (χ3n) is 27.2. The molecule has 87 heavy (non-hydrogen) atoms. The van der Waals surface area contributed by atoms with Gasteiger partial charge in [0.25, 0.3) is 0 Å². The number of anilines is 7. The van der Waals surface area contributed by atoms with Crippen molar-refractivity contribution in [1.29, 1.82) is 0 Å². The normalized spacial score (nSPS) is 29.2. The second-order valence-corrected chi connectivity index (χ2v) is 37.8. The molecule has 1 fully saturated rings. The molecule has 0 saturated heterocycles. The molecule has 1 saturated carbocycles. The van der Waals surface area contributed by atoms with Gasteiger partial charge in [-0.3, -0.25) is 0 Å². The Morgan fingerprint density at radius 2 is 0.954 bits per heavy atom. The Balaban J connectivity index is 1.06. The van der Waals surface area contributed by atoms with E-state index in [4.69, 9.17) is 0 Å². The number of hydrogen-bond donors (Lipinski definition) is 0. The first kappa shape index (κ1) is 56.1. The lowest BCUT2D eigenvalue weighted by atomic mass is 9.33. The standard InChI is InChI=1S/C81H96BN3S2/c1-45-34-52-56(75(9,10)29-26-72(52,3)4)41-60(45)83-63-37-48-38-64-68(63)82(70-69(83)50-40-55-58(44-66(50)86-70)77(13,14)31-28-74(55,7)8)67-49-39-54-57(76(11,12)30-27-73(54,5)6)43-65(49)87-71(67)84(64)61-42-59-53(35-46(61)2)78(15,16)32-33-79(59,17)47-22-23-51-62(36-47)85(48)81(19)25-21-20-24-80(51,81)18/h22-23,34-44,69-70H,20-21,24-33H2,1-19H3. The van der Waals surface area contributed by atoms with Crippen LogP contribution in [0.1, 0.15) is 273 Å². The zero-order valence-electron chi connectivity index (χ0n) is 56.4. The van der Waals surface area contributed by atoms with Crippen molar-refractivity contribution < 1.29 is 0 Å². The van der Waals surface area contributed by atoms with E-state index in [2.05, 4.69) is 248 Å². The maximum Gasteiger partial charge on any atom is 0.235 e. The van der Waals surface area contributed by atoms with Crippen LogP contribution in [0.5, 0.6) is 0 Å². The topological polar surface area (TPSA) is 9.72 Å². The highest BCUT2D eigenvalue weighted by atomic mass is 32.2. The Kier molecular flexibility index (Phi) is 10.9. The summed E-state index contributed by atoms with van der Waals surface area (Å²) in [7, 11) is 0. The average molecular weight is 1190 g/mol. The Morgan fingerprint density at radius 3 is 1.60 bits per heavy atom. The highest BCUT2D eigenvalue weighted by molar-refractivity contribution is 8.02. The van der Waals surface area contributed by atoms with E-state index in [-0.39, 0.29) is 72.2 Å². The van der Waals surface area contributed by atoms with Gasteiger partial charge in [0.15, 0.2) is 0 Å². The molecule has 1 aromatic heterocycles. The quantitative estimate of drug-likeness (QED) is 0.152. The summed E-state index contributed by atoms with van der Waals surface area (Å²) in [5.41, 5.74) is 31.6.